The minimum Gasteiger partial charge on any atom is -0.481 e. The Morgan fingerprint density at radius 2 is 1.88 bits per heavy atom. The Bertz CT molecular complexity index is 990. The summed E-state index contributed by atoms with van der Waals surface area (Å²) in [5, 5.41) is 9.67. The molecular formula is C20H19NO4. The van der Waals surface area contributed by atoms with Crippen molar-refractivity contribution in [2.75, 3.05) is 18.5 Å². The number of hydrogen-bond donors (Lipinski definition) is 1. The highest BCUT2D eigenvalue weighted by atomic mass is 16.4. The lowest BCUT2D eigenvalue weighted by Gasteiger charge is -2.19. The molecule has 3 rings (SSSR count). The maximum Gasteiger partial charge on any atom is 0.336 e. The number of rotatable bonds is 5. The lowest BCUT2D eigenvalue weighted by atomic mass is 9.98. The van der Waals surface area contributed by atoms with Crippen molar-refractivity contribution in [1.82, 2.24) is 0 Å². The molecule has 1 N–H and O–H groups in total. The topological polar surface area (TPSA) is 70.8 Å². The van der Waals surface area contributed by atoms with Crippen LogP contribution in [0.2, 0.25) is 0 Å². The van der Waals surface area contributed by atoms with E-state index in [0.29, 0.717) is 12.1 Å². The SMILES string of the molecule is Cc1ccccc1-c1cc(=O)oc2cc(N(C)CCC(=O)O)ccc12. The van der Waals surface area contributed by atoms with E-state index in [4.69, 9.17) is 9.52 Å². The van der Waals surface area contributed by atoms with Crippen LogP contribution in [0.5, 0.6) is 0 Å². The number of hydrogen-bond acceptors (Lipinski definition) is 4. The molecule has 0 fully saturated rings. The zero-order valence-electron chi connectivity index (χ0n) is 14.2. The first-order chi connectivity index (χ1) is 12.0. The van der Waals surface area contributed by atoms with Gasteiger partial charge in [-0.1, -0.05) is 24.3 Å². The summed E-state index contributed by atoms with van der Waals surface area (Å²) in [6, 6.07) is 15.0. The van der Waals surface area contributed by atoms with E-state index in [1.54, 1.807) is 6.07 Å². The van der Waals surface area contributed by atoms with Crippen molar-refractivity contribution in [3.8, 4) is 11.1 Å². The quantitative estimate of drug-likeness (QED) is 0.719. The summed E-state index contributed by atoms with van der Waals surface area (Å²) in [5.41, 5.74) is 3.80. The van der Waals surface area contributed by atoms with E-state index in [0.717, 1.165) is 27.8 Å². The van der Waals surface area contributed by atoms with Crippen molar-refractivity contribution < 1.29 is 14.3 Å². The molecule has 0 radical (unpaired) electrons. The van der Waals surface area contributed by atoms with Gasteiger partial charge in [0.15, 0.2) is 0 Å². The average Bonchev–Trinajstić information content (AvgIpc) is 2.58. The van der Waals surface area contributed by atoms with Gasteiger partial charge in [-0.15, -0.1) is 0 Å². The van der Waals surface area contributed by atoms with Crippen LogP contribution in [0, 0.1) is 6.92 Å². The van der Waals surface area contributed by atoms with Crippen molar-refractivity contribution in [2.24, 2.45) is 0 Å². The summed E-state index contributed by atoms with van der Waals surface area (Å²) < 4.78 is 5.38. The average molecular weight is 337 g/mol. The predicted octanol–water partition coefficient (Wildman–Crippen LogP) is 3.68. The predicted molar refractivity (Wildman–Crippen MR) is 98.2 cm³/mol. The molecule has 0 aliphatic rings. The van der Waals surface area contributed by atoms with Crippen molar-refractivity contribution in [3.05, 3.63) is 64.5 Å². The van der Waals surface area contributed by atoms with Crippen molar-refractivity contribution in [2.45, 2.75) is 13.3 Å². The molecule has 0 spiro atoms. The van der Waals surface area contributed by atoms with E-state index in [1.807, 2.05) is 55.3 Å². The second-order valence-electron chi connectivity index (χ2n) is 6.04. The molecule has 25 heavy (non-hydrogen) atoms. The molecule has 0 bridgehead atoms. The second-order valence-corrected chi connectivity index (χ2v) is 6.04. The van der Waals surface area contributed by atoms with E-state index in [2.05, 4.69) is 0 Å². The summed E-state index contributed by atoms with van der Waals surface area (Å²) in [7, 11) is 1.81. The van der Waals surface area contributed by atoms with Gasteiger partial charge in [-0.3, -0.25) is 4.79 Å². The number of anilines is 1. The van der Waals surface area contributed by atoms with E-state index in [9.17, 15) is 9.59 Å². The van der Waals surface area contributed by atoms with Gasteiger partial charge in [0.2, 0.25) is 0 Å². The first-order valence-electron chi connectivity index (χ1n) is 8.02. The van der Waals surface area contributed by atoms with Crippen LogP contribution in [0.4, 0.5) is 5.69 Å². The molecule has 0 aliphatic carbocycles. The van der Waals surface area contributed by atoms with Crippen molar-refractivity contribution in [3.63, 3.8) is 0 Å². The molecule has 3 aromatic rings. The zero-order valence-corrected chi connectivity index (χ0v) is 14.2. The van der Waals surface area contributed by atoms with Gasteiger partial charge >= 0.3 is 11.6 Å². The van der Waals surface area contributed by atoms with E-state index >= 15 is 0 Å². The van der Waals surface area contributed by atoms with Crippen LogP contribution in [-0.2, 0) is 4.79 Å². The monoisotopic (exact) mass is 337 g/mol. The van der Waals surface area contributed by atoms with Crippen LogP contribution in [0.25, 0.3) is 22.1 Å². The molecule has 2 aromatic carbocycles. The number of aliphatic carboxylic acids is 1. The fourth-order valence-electron chi connectivity index (χ4n) is 2.88. The molecular weight excluding hydrogens is 318 g/mol. The van der Waals surface area contributed by atoms with Gasteiger partial charge in [0.05, 0.1) is 6.42 Å². The highest BCUT2D eigenvalue weighted by Crippen LogP contribution is 2.31. The van der Waals surface area contributed by atoms with Gasteiger partial charge in [0, 0.05) is 42.4 Å². The number of benzene rings is 2. The molecule has 128 valence electrons. The lowest BCUT2D eigenvalue weighted by molar-refractivity contribution is -0.136. The molecule has 0 unspecified atom stereocenters. The van der Waals surface area contributed by atoms with Gasteiger partial charge in [0.1, 0.15) is 5.58 Å². The number of fused-ring (bicyclic) bond motifs is 1. The lowest BCUT2D eigenvalue weighted by Crippen LogP contribution is -2.20. The van der Waals surface area contributed by atoms with Gasteiger partial charge in [-0.25, -0.2) is 4.79 Å². The standard InChI is InChI=1S/C20H19NO4/c1-13-5-3-4-6-15(13)17-12-20(24)25-18-11-14(7-8-16(17)18)21(2)10-9-19(22)23/h3-8,11-12H,9-10H2,1-2H3,(H,22,23). The highest BCUT2D eigenvalue weighted by molar-refractivity contribution is 5.95. The molecule has 0 aliphatic heterocycles. The second kappa shape index (κ2) is 6.81. The van der Waals surface area contributed by atoms with Crippen LogP contribution < -0.4 is 10.5 Å². The van der Waals surface area contributed by atoms with Crippen LogP contribution >= 0.6 is 0 Å². The Morgan fingerprint density at radius 3 is 2.60 bits per heavy atom. The summed E-state index contributed by atoms with van der Waals surface area (Å²) in [5.74, 6) is -0.846. The molecule has 5 heteroatoms. The molecule has 1 aromatic heterocycles. The number of aryl methyl sites for hydroxylation is 1. The van der Waals surface area contributed by atoms with E-state index < -0.39 is 11.6 Å². The zero-order chi connectivity index (χ0) is 18.0. The number of carboxylic acid groups (broad SMARTS) is 1. The highest BCUT2D eigenvalue weighted by Gasteiger charge is 2.12. The number of carbonyl (C=O) groups is 1. The van der Waals surface area contributed by atoms with Crippen molar-refractivity contribution >= 4 is 22.6 Å². The normalized spacial score (nSPS) is 10.8. The van der Waals surface area contributed by atoms with Gasteiger partial charge in [-0.05, 0) is 30.2 Å². The molecule has 5 nitrogen and oxygen atoms in total. The molecule has 0 amide bonds. The Balaban J connectivity index is 2.09. The van der Waals surface area contributed by atoms with Gasteiger partial charge in [-0.2, -0.15) is 0 Å². The van der Waals surface area contributed by atoms with Crippen LogP contribution in [0.15, 0.2) is 57.7 Å². The number of carboxylic acids is 1. The first kappa shape index (κ1) is 16.8. The van der Waals surface area contributed by atoms with E-state index in [-0.39, 0.29) is 6.42 Å². The molecule has 0 saturated carbocycles. The summed E-state index contributed by atoms with van der Waals surface area (Å²) in [6.45, 7) is 2.38. The van der Waals surface area contributed by atoms with Gasteiger partial charge < -0.3 is 14.4 Å². The largest absolute Gasteiger partial charge is 0.481 e. The summed E-state index contributed by atoms with van der Waals surface area (Å²) in [4.78, 5) is 24.6. The fraction of sp³-hybridized carbons (Fsp3) is 0.200. The third kappa shape index (κ3) is 3.55. The smallest absolute Gasteiger partial charge is 0.336 e. The van der Waals surface area contributed by atoms with E-state index in [1.165, 1.54) is 6.07 Å². The summed E-state index contributed by atoms with van der Waals surface area (Å²) >= 11 is 0. The summed E-state index contributed by atoms with van der Waals surface area (Å²) in [6.07, 6.45) is 0.0434. The van der Waals surface area contributed by atoms with Crippen LogP contribution in [0.1, 0.15) is 12.0 Å². The Morgan fingerprint density at radius 1 is 1.12 bits per heavy atom. The van der Waals surface area contributed by atoms with Gasteiger partial charge in [0.25, 0.3) is 0 Å². The molecule has 1 heterocycles. The fourth-order valence-corrected chi connectivity index (χ4v) is 2.88. The van der Waals surface area contributed by atoms with Crippen LogP contribution in [0.3, 0.4) is 0 Å². The third-order valence-electron chi connectivity index (χ3n) is 4.27. The number of nitrogens with zero attached hydrogens (tertiary/aromatic N) is 1. The third-order valence-corrected chi connectivity index (χ3v) is 4.27. The minimum absolute atomic E-state index is 0.0434. The maximum absolute atomic E-state index is 12.0. The van der Waals surface area contributed by atoms with Crippen LogP contribution in [-0.4, -0.2) is 24.7 Å². The Labute approximate surface area is 145 Å². The Kier molecular flexibility index (Phi) is 4.57. The molecule has 0 atom stereocenters. The minimum atomic E-state index is -0.846. The molecule has 0 saturated heterocycles. The maximum atomic E-state index is 12.0. The Hall–Kier alpha value is -3.08. The van der Waals surface area contributed by atoms with Crippen molar-refractivity contribution in [1.29, 1.82) is 0 Å². The first-order valence-corrected chi connectivity index (χ1v) is 8.02.